The van der Waals surface area contributed by atoms with E-state index in [0.717, 1.165) is 12.3 Å². The Labute approximate surface area is 255 Å². The van der Waals surface area contributed by atoms with E-state index in [2.05, 4.69) is 9.71 Å². The Morgan fingerprint density at radius 2 is 1.50 bits per heavy atom. The summed E-state index contributed by atoms with van der Waals surface area (Å²) in [7, 11) is -3.82. The van der Waals surface area contributed by atoms with Crippen molar-refractivity contribution in [3.05, 3.63) is 114 Å². The van der Waals surface area contributed by atoms with Gasteiger partial charge < -0.3 is 10.0 Å². The van der Waals surface area contributed by atoms with Gasteiger partial charge in [0, 0.05) is 17.3 Å². The summed E-state index contributed by atoms with van der Waals surface area (Å²) in [6.07, 6.45) is -3.45. The van der Waals surface area contributed by atoms with E-state index in [0.29, 0.717) is 27.9 Å². The Kier molecular flexibility index (Phi) is 9.06. The first-order valence-electron chi connectivity index (χ1n) is 14.0. The number of sulfonamides is 1. The second-order valence-electron chi connectivity index (χ2n) is 11.1. The molecule has 1 unspecified atom stereocenters. The van der Waals surface area contributed by atoms with Gasteiger partial charge in [-0.15, -0.1) is 0 Å². The van der Waals surface area contributed by atoms with E-state index < -0.39 is 38.9 Å². The van der Waals surface area contributed by atoms with E-state index in [-0.39, 0.29) is 17.0 Å². The summed E-state index contributed by atoms with van der Waals surface area (Å²) in [6, 6.07) is 21.5. The molecule has 0 spiro atoms. The van der Waals surface area contributed by atoms with Crippen molar-refractivity contribution < 1.29 is 31.5 Å². The SMILES string of the molecule is CC.CC(C)(C)NS(=O)(=O)c1ccc(C2(O)C(=O)N(Cc3ccc(-c4ccnc(C(F)(F)F)c4)cc3)c3ccccc32)cc1. The molecule has 232 valence electrons. The van der Waals surface area contributed by atoms with E-state index >= 15 is 0 Å². The number of aliphatic hydroxyl groups is 1. The third-order valence-electron chi connectivity index (χ3n) is 6.84. The lowest BCUT2D eigenvalue weighted by Gasteiger charge is -2.24. The number of halogens is 3. The van der Waals surface area contributed by atoms with Gasteiger partial charge in [-0.25, -0.2) is 13.1 Å². The number of carbonyl (C=O) groups excluding carboxylic acids is 1. The molecular formula is C33H34F3N3O4S. The van der Waals surface area contributed by atoms with Crippen LogP contribution in [0.1, 0.15) is 57.0 Å². The number of hydrogen-bond acceptors (Lipinski definition) is 5. The van der Waals surface area contributed by atoms with Gasteiger partial charge in [0.15, 0.2) is 5.60 Å². The van der Waals surface area contributed by atoms with Crippen LogP contribution in [0.15, 0.2) is 96.0 Å². The molecule has 1 aliphatic heterocycles. The Morgan fingerprint density at radius 1 is 0.886 bits per heavy atom. The Morgan fingerprint density at radius 3 is 2.09 bits per heavy atom. The summed E-state index contributed by atoms with van der Waals surface area (Å²) >= 11 is 0. The molecule has 1 aliphatic rings. The largest absolute Gasteiger partial charge is 0.433 e. The standard InChI is InChI=1S/C31H28F3N3O4S.C2H6/c1-29(2,3)36-42(40,41)24-14-12-23(13-15-24)30(39)25-6-4-5-7-26(25)37(28(30)38)19-20-8-10-21(11-9-20)22-16-17-35-27(18-22)31(32,33)34;1-2/h4-18,36,39H,19H2,1-3H3;1-2H3. The maximum atomic E-state index is 13.8. The molecule has 7 nitrogen and oxygen atoms in total. The van der Waals surface area contributed by atoms with Gasteiger partial charge in [0.05, 0.1) is 17.1 Å². The first-order valence-corrected chi connectivity index (χ1v) is 15.5. The highest BCUT2D eigenvalue weighted by atomic mass is 32.2. The van der Waals surface area contributed by atoms with Gasteiger partial charge in [0.2, 0.25) is 10.0 Å². The molecule has 4 aromatic rings. The van der Waals surface area contributed by atoms with Crippen LogP contribution in [0.2, 0.25) is 0 Å². The summed E-state index contributed by atoms with van der Waals surface area (Å²) < 4.78 is 67.4. The van der Waals surface area contributed by atoms with Crippen molar-refractivity contribution in [1.29, 1.82) is 0 Å². The minimum absolute atomic E-state index is 0.00277. The van der Waals surface area contributed by atoms with Gasteiger partial charge >= 0.3 is 6.18 Å². The van der Waals surface area contributed by atoms with Crippen molar-refractivity contribution in [2.75, 3.05) is 4.90 Å². The van der Waals surface area contributed by atoms with E-state index in [1.807, 2.05) is 13.8 Å². The number of fused-ring (bicyclic) bond motifs is 1. The average molecular weight is 626 g/mol. The molecular weight excluding hydrogens is 591 g/mol. The summed E-state index contributed by atoms with van der Waals surface area (Å²) in [6.45, 7) is 9.26. The molecule has 1 atom stereocenters. The van der Waals surface area contributed by atoms with Crippen molar-refractivity contribution in [3.8, 4) is 11.1 Å². The number of alkyl halides is 3. The number of para-hydroxylation sites is 1. The number of benzene rings is 3. The Bertz CT molecular complexity index is 1750. The number of rotatable bonds is 6. The summed E-state index contributed by atoms with van der Waals surface area (Å²) in [5.41, 5.74) is -1.09. The predicted octanol–water partition coefficient (Wildman–Crippen LogP) is 6.65. The van der Waals surface area contributed by atoms with E-state index in [9.17, 15) is 31.5 Å². The number of hydrogen-bond donors (Lipinski definition) is 2. The van der Waals surface area contributed by atoms with Crippen LogP contribution in [0.3, 0.4) is 0 Å². The van der Waals surface area contributed by atoms with Gasteiger partial charge in [-0.3, -0.25) is 9.78 Å². The van der Waals surface area contributed by atoms with Crippen molar-refractivity contribution in [2.24, 2.45) is 0 Å². The summed E-state index contributed by atoms with van der Waals surface area (Å²) in [5, 5.41) is 11.8. The number of anilines is 1. The maximum Gasteiger partial charge on any atom is 0.433 e. The van der Waals surface area contributed by atoms with Crippen molar-refractivity contribution >= 4 is 21.6 Å². The maximum absolute atomic E-state index is 13.8. The van der Waals surface area contributed by atoms with Gasteiger partial charge in [0.1, 0.15) is 5.69 Å². The van der Waals surface area contributed by atoms with E-state index in [4.69, 9.17) is 0 Å². The highest BCUT2D eigenvalue weighted by Gasteiger charge is 2.51. The number of amides is 1. The minimum Gasteiger partial charge on any atom is -0.372 e. The van der Waals surface area contributed by atoms with Crippen molar-refractivity contribution in [3.63, 3.8) is 0 Å². The zero-order valence-electron chi connectivity index (χ0n) is 25.0. The zero-order valence-corrected chi connectivity index (χ0v) is 25.8. The number of nitrogens with one attached hydrogen (secondary N) is 1. The highest BCUT2D eigenvalue weighted by molar-refractivity contribution is 7.89. The van der Waals surface area contributed by atoms with Crippen LogP contribution in [0.5, 0.6) is 0 Å². The third-order valence-corrected chi connectivity index (χ3v) is 8.61. The minimum atomic E-state index is -4.56. The van der Waals surface area contributed by atoms with Gasteiger partial charge in [-0.2, -0.15) is 13.2 Å². The normalized spacial score (nSPS) is 16.8. The lowest BCUT2D eigenvalue weighted by atomic mass is 9.87. The lowest BCUT2D eigenvalue weighted by Crippen LogP contribution is -2.41. The average Bonchev–Trinajstić information content (AvgIpc) is 3.20. The van der Waals surface area contributed by atoms with Crippen LogP contribution in [0, 0.1) is 0 Å². The molecule has 0 aliphatic carbocycles. The Hall–Kier alpha value is -4.06. The smallest absolute Gasteiger partial charge is 0.372 e. The highest BCUT2D eigenvalue weighted by Crippen LogP contribution is 2.45. The van der Waals surface area contributed by atoms with Crippen LogP contribution < -0.4 is 9.62 Å². The van der Waals surface area contributed by atoms with Crippen LogP contribution in [0.4, 0.5) is 18.9 Å². The predicted molar refractivity (Wildman–Crippen MR) is 163 cm³/mol. The first-order chi connectivity index (χ1) is 20.6. The van der Waals surface area contributed by atoms with E-state index in [1.54, 1.807) is 69.3 Å². The zero-order chi connectivity index (χ0) is 32.5. The number of pyridine rings is 1. The van der Waals surface area contributed by atoms with E-state index in [1.165, 1.54) is 35.2 Å². The fourth-order valence-electron chi connectivity index (χ4n) is 4.96. The fourth-order valence-corrected chi connectivity index (χ4v) is 6.38. The molecule has 2 heterocycles. The molecule has 44 heavy (non-hydrogen) atoms. The summed E-state index contributed by atoms with van der Waals surface area (Å²) in [5.74, 6) is -0.611. The topological polar surface area (TPSA) is 99.6 Å². The third kappa shape index (κ3) is 6.54. The molecule has 0 bridgehead atoms. The quantitative estimate of drug-likeness (QED) is 0.250. The lowest BCUT2D eigenvalue weighted by molar-refractivity contribution is -0.141. The fraction of sp³-hybridized carbons (Fsp3) is 0.273. The second kappa shape index (κ2) is 12.1. The molecule has 0 saturated heterocycles. The van der Waals surface area contributed by atoms with Crippen LogP contribution >= 0.6 is 0 Å². The monoisotopic (exact) mass is 625 g/mol. The second-order valence-corrected chi connectivity index (χ2v) is 12.8. The molecule has 1 aromatic heterocycles. The molecule has 11 heteroatoms. The van der Waals surface area contributed by atoms with Crippen LogP contribution in [0.25, 0.3) is 11.1 Å². The van der Waals surface area contributed by atoms with Gasteiger partial charge in [0.25, 0.3) is 5.91 Å². The number of carbonyl (C=O) groups is 1. The molecule has 2 N–H and O–H groups in total. The van der Waals surface area contributed by atoms with Gasteiger partial charge in [-0.05, 0) is 73.4 Å². The van der Waals surface area contributed by atoms with Crippen LogP contribution in [-0.2, 0) is 33.1 Å². The molecule has 0 fully saturated rings. The van der Waals surface area contributed by atoms with Gasteiger partial charge in [-0.1, -0.05) is 68.4 Å². The molecule has 5 rings (SSSR count). The molecule has 0 saturated carbocycles. The number of nitrogens with zero attached hydrogens (tertiary/aromatic N) is 2. The van der Waals surface area contributed by atoms with Crippen molar-refractivity contribution in [2.45, 2.75) is 63.4 Å². The summed E-state index contributed by atoms with van der Waals surface area (Å²) in [4.78, 5) is 18.6. The van der Waals surface area contributed by atoms with Crippen molar-refractivity contribution in [1.82, 2.24) is 9.71 Å². The van der Waals surface area contributed by atoms with Crippen LogP contribution in [-0.4, -0.2) is 30.0 Å². The number of aromatic nitrogens is 1. The Balaban J connectivity index is 0.00000216. The molecule has 3 aromatic carbocycles. The molecule has 1 amide bonds. The first kappa shape index (κ1) is 32.8. The molecule has 0 radical (unpaired) electrons.